The number of rotatable bonds is 1. The van der Waals surface area contributed by atoms with Gasteiger partial charge in [0.25, 0.3) is 0 Å². The number of amides is 1. The van der Waals surface area contributed by atoms with Crippen molar-refractivity contribution in [1.82, 2.24) is 10.6 Å². The van der Waals surface area contributed by atoms with Crippen molar-refractivity contribution in [2.75, 3.05) is 6.54 Å². The minimum atomic E-state index is -0.139. The van der Waals surface area contributed by atoms with E-state index in [9.17, 15) is 4.79 Å². The Bertz CT molecular complexity index is 643. The molecule has 0 bridgehead atoms. The average Bonchev–Trinajstić information content (AvgIpc) is 3.28. The lowest BCUT2D eigenvalue weighted by atomic mass is 9.47. The van der Waals surface area contributed by atoms with Crippen molar-refractivity contribution in [3.63, 3.8) is 0 Å². The molecule has 2 unspecified atom stereocenters. The van der Waals surface area contributed by atoms with Gasteiger partial charge < -0.3 is 15.4 Å². The molecule has 3 saturated carbocycles. The van der Waals surface area contributed by atoms with Crippen LogP contribution in [-0.4, -0.2) is 36.2 Å². The fraction of sp³-hybridized carbons (Fsp3) is 0.957. The molecule has 0 aromatic carbocycles. The van der Waals surface area contributed by atoms with Crippen LogP contribution in [-0.2, 0) is 9.53 Å². The van der Waals surface area contributed by atoms with Gasteiger partial charge in [-0.25, -0.2) is 0 Å². The minimum Gasteiger partial charge on any atom is -0.368 e. The van der Waals surface area contributed by atoms with Gasteiger partial charge in [-0.05, 0) is 82.5 Å². The number of hydrogen-bond acceptors (Lipinski definition) is 3. The molecule has 4 heteroatoms. The summed E-state index contributed by atoms with van der Waals surface area (Å²) in [5.41, 5.74) is 0.352. The summed E-state index contributed by atoms with van der Waals surface area (Å²) in [6, 6.07) is 0.633. The second-order valence-electron chi connectivity index (χ2n) is 11.8. The van der Waals surface area contributed by atoms with Gasteiger partial charge in [-0.3, -0.25) is 4.79 Å². The van der Waals surface area contributed by atoms with Crippen LogP contribution in [0.1, 0.15) is 73.1 Å². The van der Waals surface area contributed by atoms with Crippen LogP contribution in [0.25, 0.3) is 0 Å². The molecule has 2 aliphatic heterocycles. The van der Waals surface area contributed by atoms with E-state index in [0.29, 0.717) is 35.5 Å². The molecule has 0 radical (unpaired) electrons. The van der Waals surface area contributed by atoms with Crippen molar-refractivity contribution in [1.29, 1.82) is 0 Å². The highest BCUT2D eigenvalue weighted by Crippen LogP contribution is 2.67. The summed E-state index contributed by atoms with van der Waals surface area (Å²) < 4.78 is 6.12. The Labute approximate surface area is 164 Å². The Morgan fingerprint density at radius 3 is 2.59 bits per heavy atom. The van der Waals surface area contributed by atoms with Gasteiger partial charge in [0.2, 0.25) is 5.91 Å². The third kappa shape index (κ3) is 2.58. The van der Waals surface area contributed by atoms with E-state index in [2.05, 4.69) is 45.3 Å². The van der Waals surface area contributed by atoms with Crippen LogP contribution in [0.2, 0.25) is 0 Å². The second-order valence-corrected chi connectivity index (χ2v) is 11.8. The van der Waals surface area contributed by atoms with E-state index in [1.54, 1.807) is 0 Å². The molecule has 5 fully saturated rings. The lowest BCUT2D eigenvalue weighted by Crippen LogP contribution is -2.63. The largest absolute Gasteiger partial charge is 0.368 e. The number of carbonyl (C=O) groups is 1. The maximum Gasteiger partial charge on any atom is 0.224 e. The molecule has 2 heterocycles. The van der Waals surface area contributed by atoms with Crippen LogP contribution in [0.5, 0.6) is 0 Å². The molecular formula is C23H38N2O2. The van der Waals surface area contributed by atoms with Crippen molar-refractivity contribution in [3.8, 4) is 0 Å². The molecule has 4 nitrogen and oxygen atoms in total. The van der Waals surface area contributed by atoms with Crippen LogP contribution < -0.4 is 10.6 Å². The predicted octanol–water partition coefficient (Wildman–Crippen LogP) is 3.50. The van der Waals surface area contributed by atoms with Crippen molar-refractivity contribution < 1.29 is 9.53 Å². The molecule has 3 aliphatic carbocycles. The van der Waals surface area contributed by atoms with E-state index in [1.807, 2.05) is 0 Å². The molecule has 0 aromatic rings. The number of carbonyl (C=O) groups excluding carboxylic acids is 1. The van der Waals surface area contributed by atoms with Gasteiger partial charge in [0, 0.05) is 29.5 Å². The third-order valence-corrected chi connectivity index (χ3v) is 9.35. The average molecular weight is 375 g/mol. The standard InChI is InChI=1S/C23H38N2O2/c1-21(2,3)25-20(26)16-8-7-14-13-6-9-18-23(5,19-17(27-19)12-24-18)15(13)10-11-22(14,16)4/h13-19,24H,6-12H2,1-5H3,(H,25,26)/t13-,14-,15-,16+,17?,18+,19?,22-,23+/m0/s1. The number of hydrogen-bond donors (Lipinski definition) is 2. The van der Waals surface area contributed by atoms with Gasteiger partial charge in [0.15, 0.2) is 0 Å². The molecule has 9 atom stereocenters. The Kier molecular flexibility index (Phi) is 3.90. The van der Waals surface area contributed by atoms with Crippen molar-refractivity contribution in [2.24, 2.45) is 34.5 Å². The zero-order valence-corrected chi connectivity index (χ0v) is 17.8. The first-order valence-corrected chi connectivity index (χ1v) is 11.4. The Morgan fingerprint density at radius 1 is 1.07 bits per heavy atom. The molecule has 5 aliphatic rings. The predicted molar refractivity (Wildman–Crippen MR) is 106 cm³/mol. The molecule has 2 N–H and O–H groups in total. The summed E-state index contributed by atoms with van der Waals surface area (Å²) in [6.45, 7) is 12.3. The first-order valence-electron chi connectivity index (χ1n) is 11.4. The van der Waals surface area contributed by atoms with Crippen LogP contribution in [0.3, 0.4) is 0 Å². The summed E-state index contributed by atoms with van der Waals surface area (Å²) in [7, 11) is 0. The SMILES string of the molecule is CC(C)(C)NC(=O)[C@H]1CC[C@H]2[C@@H]3CC[C@H]4NCC5OC5[C@]4(C)[C@H]3CC[C@]12C. The number of epoxide rings is 1. The number of piperidine rings is 1. The molecule has 152 valence electrons. The van der Waals surface area contributed by atoms with Crippen LogP contribution in [0.4, 0.5) is 0 Å². The van der Waals surface area contributed by atoms with E-state index >= 15 is 0 Å². The van der Waals surface area contributed by atoms with Crippen molar-refractivity contribution >= 4 is 5.91 Å². The smallest absolute Gasteiger partial charge is 0.224 e. The Balaban J connectivity index is 1.39. The monoisotopic (exact) mass is 374 g/mol. The molecule has 27 heavy (non-hydrogen) atoms. The fourth-order valence-corrected chi connectivity index (χ4v) is 8.11. The highest BCUT2D eigenvalue weighted by atomic mass is 16.6. The number of ether oxygens (including phenoxy) is 1. The number of nitrogens with one attached hydrogen (secondary N) is 2. The highest BCUT2D eigenvalue weighted by Gasteiger charge is 2.67. The molecular weight excluding hydrogens is 336 g/mol. The van der Waals surface area contributed by atoms with Gasteiger partial charge in [-0.2, -0.15) is 0 Å². The quantitative estimate of drug-likeness (QED) is 0.691. The normalized spacial score (nSPS) is 53.6. The molecule has 1 amide bonds. The first kappa shape index (κ1) is 18.4. The van der Waals surface area contributed by atoms with Gasteiger partial charge in [-0.1, -0.05) is 13.8 Å². The summed E-state index contributed by atoms with van der Waals surface area (Å²) in [5, 5.41) is 7.11. The molecule has 0 aromatic heterocycles. The van der Waals surface area contributed by atoms with Gasteiger partial charge in [0.05, 0.1) is 12.2 Å². The van der Waals surface area contributed by atoms with E-state index < -0.39 is 0 Å². The lowest BCUT2D eigenvalue weighted by molar-refractivity contribution is -0.136. The van der Waals surface area contributed by atoms with Crippen LogP contribution in [0.15, 0.2) is 0 Å². The minimum absolute atomic E-state index is 0.139. The van der Waals surface area contributed by atoms with Crippen molar-refractivity contribution in [3.05, 3.63) is 0 Å². The summed E-state index contributed by atoms with van der Waals surface area (Å²) in [5.74, 6) is 2.76. The van der Waals surface area contributed by atoms with Crippen LogP contribution >= 0.6 is 0 Å². The molecule has 5 rings (SSSR count). The van der Waals surface area contributed by atoms with E-state index in [1.165, 1.54) is 32.1 Å². The molecule has 2 saturated heterocycles. The Hall–Kier alpha value is -0.610. The first-order chi connectivity index (χ1) is 12.6. The number of fused-ring (bicyclic) bond motifs is 7. The van der Waals surface area contributed by atoms with E-state index in [0.717, 1.165) is 24.8 Å². The molecule has 0 spiro atoms. The van der Waals surface area contributed by atoms with E-state index in [-0.39, 0.29) is 16.9 Å². The van der Waals surface area contributed by atoms with Crippen molar-refractivity contribution in [2.45, 2.75) is 96.9 Å². The summed E-state index contributed by atoms with van der Waals surface area (Å²) in [4.78, 5) is 13.1. The zero-order chi connectivity index (χ0) is 19.2. The third-order valence-electron chi connectivity index (χ3n) is 9.35. The van der Waals surface area contributed by atoms with E-state index in [4.69, 9.17) is 4.74 Å². The zero-order valence-electron chi connectivity index (χ0n) is 17.8. The van der Waals surface area contributed by atoms with Gasteiger partial charge >= 0.3 is 0 Å². The van der Waals surface area contributed by atoms with Crippen LogP contribution in [0, 0.1) is 34.5 Å². The topological polar surface area (TPSA) is 53.7 Å². The van der Waals surface area contributed by atoms with Gasteiger partial charge in [0.1, 0.15) is 0 Å². The Morgan fingerprint density at radius 2 is 1.85 bits per heavy atom. The maximum atomic E-state index is 13.1. The summed E-state index contributed by atoms with van der Waals surface area (Å²) in [6.07, 6.45) is 8.38. The maximum absolute atomic E-state index is 13.1. The highest BCUT2D eigenvalue weighted by molar-refractivity contribution is 5.80. The summed E-state index contributed by atoms with van der Waals surface area (Å²) >= 11 is 0. The lowest BCUT2D eigenvalue weighted by Gasteiger charge is -2.59. The fourth-order valence-electron chi connectivity index (χ4n) is 8.11. The van der Waals surface area contributed by atoms with Gasteiger partial charge in [-0.15, -0.1) is 0 Å². The second kappa shape index (κ2) is 5.72.